The number of rotatable bonds is 9. The molecule has 0 saturated carbocycles. The van der Waals surface area contributed by atoms with Gasteiger partial charge in [-0.15, -0.1) is 0 Å². The van der Waals surface area contributed by atoms with Gasteiger partial charge in [-0.05, 0) is 36.2 Å². The predicted molar refractivity (Wildman–Crippen MR) is 142 cm³/mol. The van der Waals surface area contributed by atoms with Crippen LogP contribution in [-0.2, 0) is 17.9 Å². The number of likely N-dealkylation sites (tertiary alicyclic amines) is 1. The fourth-order valence-corrected chi connectivity index (χ4v) is 5.19. The van der Waals surface area contributed by atoms with Crippen LogP contribution in [0, 0.1) is 17.7 Å². The topological polar surface area (TPSA) is 66.6 Å². The molecule has 192 valence electrons. The highest BCUT2D eigenvalue weighted by atomic mass is 19.1. The number of aromatic nitrogens is 1. The van der Waals surface area contributed by atoms with E-state index in [-0.39, 0.29) is 23.6 Å². The maximum Gasteiger partial charge on any atom is 0.224 e. The van der Waals surface area contributed by atoms with Gasteiger partial charge in [-0.25, -0.2) is 4.39 Å². The molecule has 7 heteroatoms. The average molecular weight is 502 g/mol. The Morgan fingerprint density at radius 1 is 1.05 bits per heavy atom. The van der Waals surface area contributed by atoms with Crippen LogP contribution in [0.4, 0.5) is 4.39 Å². The molecule has 1 aromatic heterocycles. The first-order valence-corrected chi connectivity index (χ1v) is 12.6. The highest BCUT2D eigenvalue weighted by Crippen LogP contribution is 2.27. The van der Waals surface area contributed by atoms with Crippen LogP contribution in [0.25, 0.3) is 10.9 Å². The van der Waals surface area contributed by atoms with Gasteiger partial charge in [0.05, 0.1) is 19.6 Å². The van der Waals surface area contributed by atoms with E-state index in [0.29, 0.717) is 31.9 Å². The molecule has 1 saturated heterocycles. The first kappa shape index (κ1) is 24.8. The number of amides is 1. The van der Waals surface area contributed by atoms with Crippen molar-refractivity contribution in [1.82, 2.24) is 15.2 Å². The molecular weight excluding hydrogens is 469 g/mol. The summed E-state index contributed by atoms with van der Waals surface area (Å²) in [5, 5.41) is 4.30. The van der Waals surface area contributed by atoms with Crippen LogP contribution in [-0.4, -0.2) is 42.6 Å². The number of ether oxygens (including phenoxy) is 2. The maximum atomic E-state index is 13.6. The van der Waals surface area contributed by atoms with Crippen molar-refractivity contribution in [3.8, 4) is 11.5 Å². The number of para-hydroxylation sites is 2. The molecule has 2 atom stereocenters. The summed E-state index contributed by atoms with van der Waals surface area (Å²) in [5.41, 5.74) is 3.25. The molecule has 6 nitrogen and oxygen atoms in total. The first-order valence-electron chi connectivity index (χ1n) is 12.6. The van der Waals surface area contributed by atoms with Gasteiger partial charge >= 0.3 is 0 Å². The summed E-state index contributed by atoms with van der Waals surface area (Å²) in [6.45, 7) is 3.02. The Morgan fingerprint density at radius 2 is 1.89 bits per heavy atom. The molecule has 1 fully saturated rings. The molecule has 0 bridgehead atoms. The van der Waals surface area contributed by atoms with Gasteiger partial charge in [-0.1, -0.05) is 42.5 Å². The van der Waals surface area contributed by atoms with Crippen molar-refractivity contribution in [2.75, 3.05) is 26.8 Å². The molecule has 37 heavy (non-hydrogen) atoms. The summed E-state index contributed by atoms with van der Waals surface area (Å²) < 4.78 is 25.0. The maximum absolute atomic E-state index is 13.6. The van der Waals surface area contributed by atoms with Crippen LogP contribution >= 0.6 is 0 Å². The molecule has 1 amide bonds. The molecule has 1 aliphatic heterocycles. The van der Waals surface area contributed by atoms with Gasteiger partial charge in [0.1, 0.15) is 17.3 Å². The Morgan fingerprint density at radius 3 is 2.76 bits per heavy atom. The number of halogens is 1. The van der Waals surface area contributed by atoms with E-state index < -0.39 is 0 Å². The molecule has 0 aliphatic carbocycles. The zero-order chi connectivity index (χ0) is 25.6. The second kappa shape index (κ2) is 11.5. The van der Waals surface area contributed by atoms with Crippen LogP contribution in [0.3, 0.4) is 0 Å². The summed E-state index contributed by atoms with van der Waals surface area (Å²) in [4.78, 5) is 19.0. The second-order valence-corrected chi connectivity index (χ2v) is 9.65. The minimum absolute atomic E-state index is 0.0188. The molecule has 2 N–H and O–H groups in total. The Kier molecular flexibility index (Phi) is 7.70. The molecular formula is C30H32FN3O3. The Hall–Kier alpha value is -3.84. The molecule has 1 aliphatic rings. The van der Waals surface area contributed by atoms with Crippen molar-refractivity contribution in [2.45, 2.75) is 19.5 Å². The number of fused-ring (bicyclic) bond motifs is 1. The van der Waals surface area contributed by atoms with E-state index in [1.165, 1.54) is 23.1 Å². The van der Waals surface area contributed by atoms with Crippen molar-refractivity contribution in [2.24, 2.45) is 11.8 Å². The molecule has 3 aromatic carbocycles. The summed E-state index contributed by atoms with van der Waals surface area (Å²) in [6, 6.07) is 22.1. The largest absolute Gasteiger partial charge is 0.496 e. The van der Waals surface area contributed by atoms with Crippen molar-refractivity contribution in [3.05, 3.63) is 95.9 Å². The Bertz CT molecular complexity index is 1350. The van der Waals surface area contributed by atoms with E-state index in [2.05, 4.69) is 27.3 Å². The third-order valence-corrected chi connectivity index (χ3v) is 6.98. The fraction of sp³-hybridized carbons (Fsp3) is 0.300. The van der Waals surface area contributed by atoms with Crippen molar-refractivity contribution in [3.63, 3.8) is 0 Å². The van der Waals surface area contributed by atoms with Crippen LogP contribution in [0.15, 0.2) is 79.0 Å². The van der Waals surface area contributed by atoms with Crippen LogP contribution < -0.4 is 14.8 Å². The second-order valence-electron chi connectivity index (χ2n) is 9.65. The number of nitrogens with zero attached hydrogens (tertiary/aromatic N) is 1. The van der Waals surface area contributed by atoms with Gasteiger partial charge < -0.3 is 19.8 Å². The fourth-order valence-electron chi connectivity index (χ4n) is 5.19. The third-order valence-electron chi connectivity index (χ3n) is 6.98. The molecule has 0 spiro atoms. The Balaban J connectivity index is 1.29. The molecule has 2 heterocycles. The highest BCUT2D eigenvalue weighted by Gasteiger charge is 2.32. The van der Waals surface area contributed by atoms with Gasteiger partial charge in [0.2, 0.25) is 5.91 Å². The van der Waals surface area contributed by atoms with E-state index in [1.54, 1.807) is 19.2 Å². The van der Waals surface area contributed by atoms with E-state index in [1.807, 2.05) is 42.6 Å². The number of H-pyrrole nitrogens is 1. The molecule has 4 aromatic rings. The lowest BCUT2D eigenvalue weighted by Gasteiger charge is -2.37. The van der Waals surface area contributed by atoms with E-state index in [9.17, 15) is 9.18 Å². The van der Waals surface area contributed by atoms with E-state index >= 15 is 0 Å². The number of methoxy groups -OCH3 is 1. The predicted octanol–water partition coefficient (Wildman–Crippen LogP) is 5.15. The van der Waals surface area contributed by atoms with Gasteiger partial charge in [-0.2, -0.15) is 0 Å². The normalized spacial score (nSPS) is 18.0. The molecule has 0 radical (unpaired) electrons. The molecule has 5 rings (SSSR count). The minimum Gasteiger partial charge on any atom is -0.496 e. The monoisotopic (exact) mass is 501 g/mol. The molecule has 0 unspecified atom stereocenters. The van der Waals surface area contributed by atoms with Crippen LogP contribution in [0.2, 0.25) is 0 Å². The first-order chi connectivity index (χ1) is 18.1. The summed E-state index contributed by atoms with van der Waals surface area (Å²) in [7, 11) is 1.63. The number of carbonyl (C=O) groups is 1. The van der Waals surface area contributed by atoms with Gasteiger partial charge in [0, 0.05) is 60.8 Å². The third kappa shape index (κ3) is 6.12. The van der Waals surface area contributed by atoms with Crippen molar-refractivity contribution < 1.29 is 18.7 Å². The number of hydrogen-bond donors (Lipinski definition) is 2. The van der Waals surface area contributed by atoms with Gasteiger partial charge in [-0.3, -0.25) is 9.69 Å². The minimum atomic E-state index is -0.323. The number of aromatic amines is 1. The lowest BCUT2D eigenvalue weighted by molar-refractivity contribution is -0.128. The quantitative estimate of drug-likeness (QED) is 0.333. The van der Waals surface area contributed by atoms with Crippen molar-refractivity contribution in [1.29, 1.82) is 0 Å². The SMILES string of the molecule is COc1ccccc1CNC(=O)[C@@H]1C[C@H](COc2cccc(F)c2)CN(Cc2c[nH]c3ccccc23)C1. The standard InChI is InChI=1S/C30H32FN3O3/c1-36-29-12-5-2-7-22(29)15-33-30(35)23-13-21(20-37-26-9-6-8-25(31)14-26)17-34(18-23)19-24-16-32-28-11-4-3-10-27(24)28/h2-12,14,16,21,23,32H,13,15,17-20H2,1H3,(H,33,35)/t21-,23+/m0/s1. The number of piperidine rings is 1. The zero-order valence-corrected chi connectivity index (χ0v) is 21.0. The summed E-state index contributed by atoms with van der Waals surface area (Å²) in [5.74, 6) is 0.902. The summed E-state index contributed by atoms with van der Waals surface area (Å²) in [6.07, 6.45) is 2.76. The lowest BCUT2D eigenvalue weighted by atomic mass is 9.88. The zero-order valence-electron chi connectivity index (χ0n) is 21.0. The van der Waals surface area contributed by atoms with Gasteiger partial charge in [0.15, 0.2) is 0 Å². The Labute approximate surface area is 216 Å². The van der Waals surface area contributed by atoms with E-state index in [0.717, 1.165) is 29.9 Å². The number of benzene rings is 3. The van der Waals surface area contributed by atoms with Crippen molar-refractivity contribution >= 4 is 16.8 Å². The van der Waals surface area contributed by atoms with Crippen LogP contribution in [0.5, 0.6) is 11.5 Å². The number of carbonyl (C=O) groups excluding carboxylic acids is 1. The smallest absolute Gasteiger partial charge is 0.224 e. The number of hydrogen-bond acceptors (Lipinski definition) is 4. The average Bonchev–Trinajstić information content (AvgIpc) is 3.33. The summed E-state index contributed by atoms with van der Waals surface area (Å²) >= 11 is 0. The number of nitrogens with one attached hydrogen (secondary N) is 2. The van der Waals surface area contributed by atoms with Crippen LogP contribution in [0.1, 0.15) is 17.5 Å². The highest BCUT2D eigenvalue weighted by molar-refractivity contribution is 5.83. The van der Waals surface area contributed by atoms with E-state index in [4.69, 9.17) is 9.47 Å². The van der Waals surface area contributed by atoms with Gasteiger partial charge in [0.25, 0.3) is 0 Å². The lowest BCUT2D eigenvalue weighted by Crippen LogP contribution is -2.47.